The molecule has 8 heteroatoms. The fourth-order valence-electron chi connectivity index (χ4n) is 3.33. The van der Waals surface area contributed by atoms with Crippen LogP contribution in [0.15, 0.2) is 72.9 Å². The van der Waals surface area contributed by atoms with Crippen LogP contribution in [0.3, 0.4) is 0 Å². The molecule has 4 rings (SSSR count). The lowest BCUT2D eigenvalue weighted by Gasteiger charge is -2.14. The highest BCUT2D eigenvalue weighted by atomic mass is 35.5. The maximum absolute atomic E-state index is 12.6. The Bertz CT molecular complexity index is 1360. The zero-order valence-corrected chi connectivity index (χ0v) is 18.7. The quantitative estimate of drug-likeness (QED) is 0.341. The first-order valence-electron chi connectivity index (χ1n) is 10.2. The highest BCUT2D eigenvalue weighted by Gasteiger charge is 2.12. The van der Waals surface area contributed by atoms with E-state index in [0.717, 1.165) is 16.3 Å². The third kappa shape index (κ3) is 5.05. The van der Waals surface area contributed by atoms with Crippen molar-refractivity contribution in [1.82, 2.24) is 10.3 Å². The summed E-state index contributed by atoms with van der Waals surface area (Å²) in [5.74, 6) is 0.760. The number of ether oxygens (including phenoxy) is 1. The lowest BCUT2D eigenvalue weighted by atomic mass is 10.1. The van der Waals surface area contributed by atoms with Crippen molar-refractivity contribution >= 4 is 45.7 Å². The van der Waals surface area contributed by atoms with E-state index < -0.39 is 0 Å². The van der Waals surface area contributed by atoms with Crippen LogP contribution in [0.5, 0.6) is 11.5 Å². The average Bonchev–Trinajstić information content (AvgIpc) is 2.82. The molecule has 1 heterocycles. The number of hydrogen-bond donors (Lipinski definition) is 3. The van der Waals surface area contributed by atoms with E-state index in [0.29, 0.717) is 27.9 Å². The topological polar surface area (TPSA) is 92.4 Å². The molecule has 3 amide bonds. The Balaban J connectivity index is 1.58. The molecule has 0 fully saturated rings. The van der Waals surface area contributed by atoms with E-state index >= 15 is 0 Å². The summed E-state index contributed by atoms with van der Waals surface area (Å²) in [7, 11) is 1.54. The van der Waals surface area contributed by atoms with Gasteiger partial charge >= 0.3 is 6.03 Å². The Labute approximate surface area is 195 Å². The molecule has 1 aromatic heterocycles. The third-order valence-corrected chi connectivity index (χ3v) is 5.39. The van der Waals surface area contributed by atoms with Gasteiger partial charge in [-0.3, -0.25) is 9.78 Å². The summed E-state index contributed by atoms with van der Waals surface area (Å²) >= 11 is 6.05. The molecule has 33 heavy (non-hydrogen) atoms. The van der Waals surface area contributed by atoms with E-state index in [1.54, 1.807) is 49.5 Å². The second-order valence-electron chi connectivity index (χ2n) is 7.26. The van der Waals surface area contributed by atoms with Crippen LogP contribution in [-0.2, 0) is 0 Å². The van der Waals surface area contributed by atoms with Crippen molar-refractivity contribution < 1.29 is 14.3 Å². The molecule has 0 radical (unpaired) electrons. The Morgan fingerprint density at radius 1 is 0.939 bits per heavy atom. The van der Waals surface area contributed by atoms with Crippen molar-refractivity contribution in [1.29, 1.82) is 0 Å². The SMILES string of the molecule is CNC(=O)c1cc(Oc2ccc(NC(=O)Nc3ccc(Cl)c(C)c3)c3ccccc23)ccn1. The van der Waals surface area contributed by atoms with E-state index in [1.165, 1.54) is 6.20 Å². The van der Waals surface area contributed by atoms with Crippen LogP contribution in [0.2, 0.25) is 5.02 Å². The van der Waals surface area contributed by atoms with Crippen molar-refractivity contribution in [2.24, 2.45) is 0 Å². The van der Waals surface area contributed by atoms with Crippen LogP contribution in [0.4, 0.5) is 16.2 Å². The summed E-state index contributed by atoms with van der Waals surface area (Å²) in [5, 5.41) is 10.5. The van der Waals surface area contributed by atoms with Gasteiger partial charge in [0.1, 0.15) is 17.2 Å². The molecule has 4 aromatic rings. The van der Waals surface area contributed by atoms with Crippen LogP contribution in [0.1, 0.15) is 16.1 Å². The number of carbonyl (C=O) groups is 2. The van der Waals surface area contributed by atoms with Gasteiger partial charge in [-0.25, -0.2) is 4.79 Å². The number of urea groups is 1. The summed E-state index contributed by atoms with van der Waals surface area (Å²) in [4.78, 5) is 28.5. The Morgan fingerprint density at radius 3 is 2.48 bits per heavy atom. The summed E-state index contributed by atoms with van der Waals surface area (Å²) in [5.41, 5.74) is 2.40. The van der Waals surface area contributed by atoms with Crippen molar-refractivity contribution in [3.63, 3.8) is 0 Å². The fraction of sp³-hybridized carbons (Fsp3) is 0.0800. The standard InChI is InChI=1S/C25H21ClN4O3/c1-15-13-16(7-8-20(15)26)29-25(32)30-21-9-10-23(19-6-4-3-5-18(19)21)33-17-11-12-28-22(14-17)24(31)27-2/h3-14H,1-2H3,(H,27,31)(H2,29,30,32). The van der Waals surface area contributed by atoms with Gasteiger partial charge in [-0.1, -0.05) is 35.9 Å². The van der Waals surface area contributed by atoms with Gasteiger partial charge in [0, 0.05) is 40.8 Å². The molecular formula is C25H21ClN4O3. The number of fused-ring (bicyclic) bond motifs is 1. The van der Waals surface area contributed by atoms with Crippen molar-refractivity contribution in [3.05, 3.63) is 89.2 Å². The second kappa shape index (κ2) is 9.58. The summed E-state index contributed by atoms with van der Waals surface area (Å²) in [6.45, 7) is 1.87. The van der Waals surface area contributed by atoms with Gasteiger partial charge < -0.3 is 20.7 Å². The van der Waals surface area contributed by atoms with Crippen molar-refractivity contribution in [3.8, 4) is 11.5 Å². The zero-order chi connectivity index (χ0) is 23.4. The lowest BCUT2D eigenvalue weighted by Crippen LogP contribution is -2.19. The molecule has 0 spiro atoms. The van der Waals surface area contributed by atoms with Crippen LogP contribution >= 0.6 is 11.6 Å². The largest absolute Gasteiger partial charge is 0.457 e. The molecule has 0 aliphatic carbocycles. The zero-order valence-electron chi connectivity index (χ0n) is 18.0. The van der Waals surface area contributed by atoms with Gasteiger partial charge in [0.25, 0.3) is 5.91 Å². The Morgan fingerprint density at radius 2 is 1.73 bits per heavy atom. The smallest absolute Gasteiger partial charge is 0.323 e. The molecule has 0 saturated heterocycles. The molecule has 0 aliphatic rings. The van der Waals surface area contributed by atoms with Crippen LogP contribution in [0, 0.1) is 6.92 Å². The number of aromatic nitrogens is 1. The molecule has 7 nitrogen and oxygen atoms in total. The minimum absolute atomic E-state index is 0.256. The number of aryl methyl sites for hydroxylation is 1. The van der Waals surface area contributed by atoms with Crippen LogP contribution in [0.25, 0.3) is 10.8 Å². The average molecular weight is 461 g/mol. The van der Waals surface area contributed by atoms with Crippen LogP contribution < -0.4 is 20.7 Å². The second-order valence-corrected chi connectivity index (χ2v) is 7.67. The van der Waals surface area contributed by atoms with Gasteiger partial charge in [-0.05, 0) is 48.9 Å². The van der Waals surface area contributed by atoms with E-state index in [2.05, 4.69) is 20.9 Å². The number of nitrogens with one attached hydrogen (secondary N) is 3. The number of nitrogens with zero attached hydrogens (tertiary/aromatic N) is 1. The number of halogens is 1. The fourth-order valence-corrected chi connectivity index (χ4v) is 3.45. The lowest BCUT2D eigenvalue weighted by molar-refractivity contribution is 0.0958. The molecule has 3 N–H and O–H groups in total. The highest BCUT2D eigenvalue weighted by molar-refractivity contribution is 6.31. The molecule has 0 atom stereocenters. The van der Waals surface area contributed by atoms with E-state index in [-0.39, 0.29) is 17.6 Å². The number of carbonyl (C=O) groups excluding carboxylic acids is 2. The van der Waals surface area contributed by atoms with Crippen LogP contribution in [-0.4, -0.2) is 24.0 Å². The molecule has 3 aromatic carbocycles. The maximum Gasteiger partial charge on any atom is 0.323 e. The first-order valence-corrected chi connectivity index (χ1v) is 10.5. The van der Waals surface area contributed by atoms with Crippen molar-refractivity contribution in [2.45, 2.75) is 6.92 Å². The number of rotatable bonds is 5. The van der Waals surface area contributed by atoms with E-state index in [9.17, 15) is 9.59 Å². The molecular weight excluding hydrogens is 440 g/mol. The molecule has 0 saturated carbocycles. The predicted molar refractivity (Wildman–Crippen MR) is 130 cm³/mol. The number of anilines is 2. The van der Waals surface area contributed by atoms with Gasteiger partial charge in [0.2, 0.25) is 0 Å². The third-order valence-electron chi connectivity index (χ3n) is 4.97. The maximum atomic E-state index is 12.6. The summed E-state index contributed by atoms with van der Waals surface area (Å²) in [6, 6.07) is 19.3. The summed E-state index contributed by atoms with van der Waals surface area (Å²) < 4.78 is 6.05. The summed E-state index contributed by atoms with van der Waals surface area (Å²) in [6.07, 6.45) is 1.51. The normalized spacial score (nSPS) is 10.5. The molecule has 0 aliphatic heterocycles. The molecule has 0 bridgehead atoms. The van der Waals surface area contributed by atoms with Crippen molar-refractivity contribution in [2.75, 3.05) is 17.7 Å². The minimum atomic E-state index is -0.375. The highest BCUT2D eigenvalue weighted by Crippen LogP contribution is 2.34. The monoisotopic (exact) mass is 460 g/mol. The number of hydrogen-bond acceptors (Lipinski definition) is 4. The van der Waals surface area contributed by atoms with Gasteiger partial charge in [-0.2, -0.15) is 0 Å². The Hall–Kier alpha value is -4.10. The molecule has 166 valence electrons. The predicted octanol–water partition coefficient (Wildman–Crippen LogP) is 5.99. The number of pyridine rings is 1. The van der Waals surface area contributed by atoms with Gasteiger partial charge in [-0.15, -0.1) is 0 Å². The van der Waals surface area contributed by atoms with E-state index in [4.69, 9.17) is 16.3 Å². The molecule has 0 unspecified atom stereocenters. The van der Waals surface area contributed by atoms with Gasteiger partial charge in [0.05, 0.1) is 5.69 Å². The minimum Gasteiger partial charge on any atom is -0.457 e. The number of benzene rings is 3. The number of amides is 3. The first-order chi connectivity index (χ1) is 15.9. The Kier molecular flexibility index (Phi) is 6.42. The van der Waals surface area contributed by atoms with Gasteiger partial charge in [0.15, 0.2) is 0 Å². The first kappa shape index (κ1) is 22.1. The van der Waals surface area contributed by atoms with E-state index in [1.807, 2.05) is 31.2 Å².